The fourth-order valence-corrected chi connectivity index (χ4v) is 12.7. The van der Waals surface area contributed by atoms with Gasteiger partial charge in [-0.25, -0.2) is 0 Å². The molecule has 0 amide bonds. The van der Waals surface area contributed by atoms with Crippen LogP contribution in [0, 0.1) is 0 Å². The summed E-state index contributed by atoms with van der Waals surface area (Å²) < 4.78 is 49.2. The third-order valence-corrected chi connectivity index (χ3v) is 16.9. The molecule has 0 unspecified atom stereocenters. The highest BCUT2D eigenvalue weighted by atomic mass is 35.5. The first-order chi connectivity index (χ1) is 41.8. The highest BCUT2D eigenvalue weighted by Crippen LogP contribution is 2.55. The van der Waals surface area contributed by atoms with Crippen LogP contribution in [0.15, 0.2) is 121 Å². The van der Waals surface area contributed by atoms with Gasteiger partial charge < -0.3 is 57.8 Å². The number of benzene rings is 8. The number of carbonyl (C=O) groups excluding carboxylic acids is 2. The molecule has 4 aromatic heterocycles. The maximum absolute atomic E-state index is 13.1. The molecule has 0 fully saturated rings. The van der Waals surface area contributed by atoms with E-state index in [9.17, 15) is 9.59 Å². The average molecular weight is 1230 g/mol. The third kappa shape index (κ3) is 9.53. The zero-order valence-corrected chi connectivity index (χ0v) is 50.7. The van der Waals surface area contributed by atoms with E-state index < -0.39 is 0 Å². The van der Waals surface area contributed by atoms with Crippen LogP contribution in [0.25, 0.3) is 99.4 Å². The molecule has 0 bridgehead atoms. The zero-order chi connectivity index (χ0) is 60.2. The molecule has 12 aromatic rings. The third-order valence-electron chi connectivity index (χ3n) is 15.9. The molecule has 0 atom stereocenters. The highest BCUT2D eigenvalue weighted by Gasteiger charge is 2.33. The molecule has 12 rings (SSSR count). The van der Waals surface area contributed by atoms with Gasteiger partial charge in [-0.3, -0.25) is 9.59 Å². The van der Waals surface area contributed by atoms with Crippen molar-refractivity contribution in [1.82, 2.24) is 19.9 Å². The van der Waals surface area contributed by atoms with Crippen molar-refractivity contribution < 1.29 is 47.5 Å². The van der Waals surface area contributed by atoms with Gasteiger partial charge in [0.1, 0.15) is 46.0 Å². The van der Waals surface area contributed by atoms with Crippen molar-refractivity contribution in [2.75, 3.05) is 56.9 Å². The molecule has 14 nitrogen and oxygen atoms in total. The number of carbonyl (C=O) groups is 2. The van der Waals surface area contributed by atoms with Crippen LogP contribution >= 0.6 is 46.4 Å². The van der Waals surface area contributed by atoms with Gasteiger partial charge in [0.05, 0.1) is 123 Å². The summed E-state index contributed by atoms with van der Waals surface area (Å²) in [4.78, 5) is 41.4. The van der Waals surface area contributed by atoms with Crippen LogP contribution in [-0.4, -0.2) is 89.4 Å². The van der Waals surface area contributed by atoms with Crippen molar-refractivity contribution in [3.05, 3.63) is 175 Å². The number of H-pyrrole nitrogens is 4. The number of hydrogen-bond donors (Lipinski definition) is 4. The summed E-state index contributed by atoms with van der Waals surface area (Å²) in [6.07, 6.45) is 2.01. The Morgan fingerprint density at radius 1 is 0.326 bits per heavy atom. The summed E-state index contributed by atoms with van der Waals surface area (Å²) in [6.45, 7) is 0. The van der Waals surface area contributed by atoms with Crippen LogP contribution in [0.5, 0.6) is 46.0 Å². The molecule has 4 heterocycles. The number of fused-ring (bicyclic) bond motifs is 4. The molecule has 0 aliphatic rings. The van der Waals surface area contributed by atoms with E-state index in [1.165, 1.54) is 14.2 Å². The van der Waals surface area contributed by atoms with Crippen molar-refractivity contribution in [2.45, 2.75) is 12.8 Å². The molecule has 0 spiro atoms. The van der Waals surface area contributed by atoms with Crippen molar-refractivity contribution in [1.29, 1.82) is 0 Å². The number of rotatable bonds is 19. The number of halogens is 4. The second-order valence-corrected chi connectivity index (χ2v) is 22.0. The Morgan fingerprint density at radius 2 is 0.628 bits per heavy atom. The van der Waals surface area contributed by atoms with E-state index in [1.54, 1.807) is 54.8 Å². The Balaban J connectivity index is 1.19. The lowest BCUT2D eigenvalue weighted by atomic mass is 9.92. The van der Waals surface area contributed by atoms with Gasteiger partial charge in [0, 0.05) is 102 Å². The fourth-order valence-electron chi connectivity index (χ4n) is 12.2. The lowest BCUT2D eigenvalue weighted by molar-refractivity contribution is 0.111. The van der Waals surface area contributed by atoms with Crippen LogP contribution in [0.1, 0.15) is 43.4 Å². The number of nitrogens with one attached hydrogen (secondary N) is 4. The molecular formula is C68H54Cl4N4O10. The monoisotopic (exact) mass is 1230 g/mol. The maximum atomic E-state index is 13.1. The minimum absolute atomic E-state index is 0.214. The van der Waals surface area contributed by atoms with E-state index in [2.05, 4.69) is 19.9 Å². The van der Waals surface area contributed by atoms with E-state index >= 15 is 0 Å². The van der Waals surface area contributed by atoms with Gasteiger partial charge in [0.2, 0.25) is 0 Å². The predicted octanol–water partition coefficient (Wildman–Crippen LogP) is 17.4. The molecule has 18 heteroatoms. The van der Waals surface area contributed by atoms with Crippen LogP contribution in [0.3, 0.4) is 0 Å². The molecule has 0 aliphatic heterocycles. The van der Waals surface area contributed by atoms with Gasteiger partial charge in [-0.1, -0.05) is 94.9 Å². The van der Waals surface area contributed by atoms with Crippen molar-refractivity contribution in [3.63, 3.8) is 0 Å². The first kappa shape index (κ1) is 57.3. The number of aromatic amines is 4. The van der Waals surface area contributed by atoms with Gasteiger partial charge in [-0.05, 0) is 70.8 Å². The molecule has 434 valence electrons. The molecule has 0 saturated heterocycles. The van der Waals surface area contributed by atoms with E-state index in [-0.39, 0.29) is 12.8 Å². The SMILES string of the molecule is COc1cc(OC)c2c(-c3ccc(Cl)cc3)c(Cc3[nH]c4c(-c5[nH]c6c(Cc7[nH]c8c(C=O)c(OC)cc(OC)c8c7-c7ccc(Cl)cc7)c(OC)cc(OC)c6c5-c5ccc(Cl)cc5)c(OC)cc(OC)c4c3-c3ccc(Cl)cc3)[nH]c2c1C=O. The standard InChI is InChI=1S/C68H54Cl4N4O10/c1-79-47-27-52(84-6)62-58(36-15-23-40(72)24-16-36)67(76-64(62)41(47)25-44-55(33-9-17-37(69)18-10-33)59-50(82-4)28-48(80-2)42(31-77)65(59)73-44)63-54(86-8)30-53(85-7)61-57(35-13-21-39(71)22-14-35)46(75-68(61)63)26-45-56(34-11-19-38(70)20-12-34)60-51(83-5)29-49(81-3)43(32-78)66(60)74-45/h9-24,27-32,73-76H,25-26H2,1-8H3. The summed E-state index contributed by atoms with van der Waals surface area (Å²) in [7, 11) is 12.7. The maximum Gasteiger partial charge on any atom is 0.155 e. The Kier molecular flexibility index (Phi) is 15.5. The van der Waals surface area contributed by atoms with Gasteiger partial charge in [0.25, 0.3) is 0 Å². The largest absolute Gasteiger partial charge is 0.496 e. The molecule has 0 radical (unpaired) electrons. The minimum Gasteiger partial charge on any atom is -0.496 e. The lowest BCUT2D eigenvalue weighted by Crippen LogP contribution is -1.99. The first-order valence-corrected chi connectivity index (χ1v) is 28.5. The number of aldehydes is 2. The van der Waals surface area contributed by atoms with Crippen LogP contribution in [-0.2, 0) is 12.8 Å². The van der Waals surface area contributed by atoms with Gasteiger partial charge in [-0.15, -0.1) is 0 Å². The van der Waals surface area contributed by atoms with E-state index in [1.807, 2.05) is 109 Å². The van der Waals surface area contributed by atoms with Crippen molar-refractivity contribution in [3.8, 4) is 102 Å². The molecule has 4 N–H and O–H groups in total. The summed E-state index contributed by atoms with van der Waals surface area (Å²) in [5.41, 5.74) is 13.6. The zero-order valence-electron chi connectivity index (χ0n) is 47.7. The Morgan fingerprint density at radius 3 is 0.988 bits per heavy atom. The first-order valence-electron chi connectivity index (χ1n) is 27.0. The van der Waals surface area contributed by atoms with Gasteiger partial charge in [0.15, 0.2) is 12.6 Å². The Labute approximate surface area is 513 Å². The smallest absolute Gasteiger partial charge is 0.155 e. The Hall–Kier alpha value is -9.18. The molecule has 0 saturated carbocycles. The normalized spacial score (nSPS) is 11.4. The van der Waals surface area contributed by atoms with Crippen LogP contribution in [0.2, 0.25) is 20.1 Å². The number of ether oxygens (including phenoxy) is 8. The van der Waals surface area contributed by atoms with E-state index in [0.717, 1.165) is 90.5 Å². The van der Waals surface area contributed by atoms with Crippen molar-refractivity contribution >= 4 is 103 Å². The summed E-state index contributed by atoms with van der Waals surface area (Å²) in [5.74, 6) is 3.65. The molecular weight excluding hydrogens is 1170 g/mol. The fraction of sp³-hybridized carbons (Fsp3) is 0.147. The van der Waals surface area contributed by atoms with Gasteiger partial charge in [-0.2, -0.15) is 0 Å². The average Bonchev–Trinajstić information content (AvgIpc) is 1.78. The minimum atomic E-state index is 0.214. The van der Waals surface area contributed by atoms with E-state index in [4.69, 9.17) is 84.3 Å². The second-order valence-electron chi connectivity index (χ2n) is 20.2. The topological polar surface area (TPSA) is 171 Å². The summed E-state index contributed by atoms with van der Waals surface area (Å²) >= 11 is 26.4. The number of hydrogen-bond acceptors (Lipinski definition) is 10. The molecule has 8 aromatic carbocycles. The lowest BCUT2D eigenvalue weighted by Gasteiger charge is -2.16. The highest BCUT2D eigenvalue weighted by molar-refractivity contribution is 6.32. The van der Waals surface area contributed by atoms with E-state index in [0.29, 0.717) is 121 Å². The second kappa shape index (κ2) is 23.4. The van der Waals surface area contributed by atoms with Crippen LogP contribution in [0.4, 0.5) is 0 Å². The quantitative estimate of drug-likeness (QED) is 0.0571. The molecule has 86 heavy (non-hydrogen) atoms. The number of methoxy groups -OCH3 is 8. The summed E-state index contributed by atoms with van der Waals surface area (Å²) in [6, 6.07) is 37.5. The molecule has 0 aliphatic carbocycles. The predicted molar refractivity (Wildman–Crippen MR) is 343 cm³/mol. The number of aromatic nitrogens is 4. The summed E-state index contributed by atoms with van der Waals surface area (Å²) in [5, 5.41) is 4.99. The van der Waals surface area contributed by atoms with Crippen LogP contribution < -0.4 is 37.9 Å². The van der Waals surface area contributed by atoms with Gasteiger partial charge >= 0.3 is 0 Å². The Bertz CT molecular complexity index is 4640. The van der Waals surface area contributed by atoms with Crippen molar-refractivity contribution in [2.24, 2.45) is 0 Å².